The van der Waals surface area contributed by atoms with Gasteiger partial charge in [-0.2, -0.15) is 0 Å². The predicted molar refractivity (Wildman–Crippen MR) is 140 cm³/mol. The van der Waals surface area contributed by atoms with Crippen LogP contribution in [0.15, 0.2) is 36.0 Å². The number of rotatable bonds is 10. The summed E-state index contributed by atoms with van der Waals surface area (Å²) < 4.78 is 7.90. The van der Waals surface area contributed by atoms with Crippen LogP contribution in [0.2, 0.25) is 5.02 Å². The first-order valence-electron chi connectivity index (χ1n) is 10.7. The van der Waals surface area contributed by atoms with Gasteiger partial charge in [0, 0.05) is 20.6 Å². The molecule has 3 aromatic rings. The van der Waals surface area contributed by atoms with Gasteiger partial charge in [0.2, 0.25) is 5.91 Å². The average Bonchev–Trinajstić information content (AvgIpc) is 3.37. The van der Waals surface area contributed by atoms with E-state index in [1.54, 1.807) is 33.2 Å². The number of ether oxygens (including phenoxy) is 1. The maximum Gasteiger partial charge on any atom is 0.265 e. The van der Waals surface area contributed by atoms with Crippen molar-refractivity contribution in [3.8, 4) is 5.75 Å². The molecule has 0 fully saturated rings. The highest BCUT2D eigenvalue weighted by Gasteiger charge is 2.22. The summed E-state index contributed by atoms with van der Waals surface area (Å²) >= 11 is 8.66. The van der Waals surface area contributed by atoms with Crippen LogP contribution >= 0.6 is 34.7 Å². The van der Waals surface area contributed by atoms with E-state index in [1.165, 1.54) is 16.7 Å². The fourth-order valence-corrected chi connectivity index (χ4v) is 5.01. The molecule has 2 amide bonds. The second kappa shape index (κ2) is 11.7. The molecule has 0 radical (unpaired) electrons. The van der Waals surface area contributed by atoms with Gasteiger partial charge in [0.05, 0.1) is 16.5 Å². The number of anilines is 1. The fraction of sp³-hybridized carbons (Fsp3) is 0.348. The Balaban J connectivity index is 1.68. The Morgan fingerprint density at radius 3 is 2.77 bits per heavy atom. The molecule has 0 aliphatic carbocycles. The van der Waals surface area contributed by atoms with Crippen molar-refractivity contribution < 1.29 is 14.3 Å². The van der Waals surface area contributed by atoms with Gasteiger partial charge in [0.15, 0.2) is 22.2 Å². The lowest BCUT2D eigenvalue weighted by Crippen LogP contribution is -2.21. The number of carbonyl (C=O) groups excluding carboxylic acids is 2. The lowest BCUT2D eigenvalue weighted by molar-refractivity contribution is -0.113. The molecule has 0 saturated carbocycles. The number of aromatic nitrogens is 4. The number of thioether (sulfide) groups is 1. The zero-order valence-electron chi connectivity index (χ0n) is 20.2. The van der Waals surface area contributed by atoms with E-state index in [9.17, 15) is 9.59 Å². The average molecular weight is 535 g/mol. The summed E-state index contributed by atoms with van der Waals surface area (Å²) in [5.41, 5.74) is 1.61. The number of halogens is 1. The predicted octanol–water partition coefficient (Wildman–Crippen LogP) is 4.76. The smallest absolute Gasteiger partial charge is 0.265 e. The molecule has 12 heteroatoms. The summed E-state index contributed by atoms with van der Waals surface area (Å²) in [7, 11) is 3.34. The van der Waals surface area contributed by atoms with E-state index < -0.39 is 6.10 Å². The number of hydrogen-bond acceptors (Lipinski definition) is 8. The van der Waals surface area contributed by atoms with Crippen LogP contribution in [0.1, 0.15) is 39.8 Å². The standard InChI is InChI=1S/C23H27ClN6O3S2/c1-7-10-30-20(15(4)33-17-11-13(2)8-9-16(17)24)27-28-23(30)34-12-18(31)26-22-25-14(3)19(35-22)21(32)29(5)6/h7-9,11,15H,1,10,12H2,2-6H3,(H,25,26,31). The SMILES string of the molecule is C=CCn1c(SCC(=O)Nc2nc(C)c(C(=O)N(C)C)s2)nnc1C(C)Oc1cc(C)ccc1Cl. The number of aryl methyl sites for hydroxylation is 2. The van der Waals surface area contributed by atoms with Crippen LogP contribution in [0.4, 0.5) is 5.13 Å². The molecule has 2 heterocycles. The van der Waals surface area contributed by atoms with Crippen LogP contribution in [0.5, 0.6) is 5.75 Å². The van der Waals surface area contributed by atoms with Crippen LogP contribution in [0.3, 0.4) is 0 Å². The molecule has 35 heavy (non-hydrogen) atoms. The van der Waals surface area contributed by atoms with E-state index in [2.05, 4.69) is 27.1 Å². The Labute approximate surface area is 217 Å². The van der Waals surface area contributed by atoms with E-state index in [0.29, 0.717) is 44.0 Å². The Kier molecular flexibility index (Phi) is 8.92. The van der Waals surface area contributed by atoms with Crippen molar-refractivity contribution in [3.05, 3.63) is 57.8 Å². The maximum atomic E-state index is 12.6. The van der Waals surface area contributed by atoms with Crippen LogP contribution < -0.4 is 10.1 Å². The third-order valence-electron chi connectivity index (χ3n) is 4.79. The van der Waals surface area contributed by atoms with E-state index in [0.717, 1.165) is 16.9 Å². The molecule has 9 nitrogen and oxygen atoms in total. The minimum Gasteiger partial charge on any atom is -0.481 e. The van der Waals surface area contributed by atoms with Gasteiger partial charge < -0.3 is 15.0 Å². The Morgan fingerprint density at radius 1 is 1.34 bits per heavy atom. The second-order valence-corrected chi connectivity index (χ2v) is 10.3. The molecule has 0 bridgehead atoms. The fourth-order valence-electron chi connectivity index (χ4n) is 3.09. The molecule has 1 aromatic carbocycles. The zero-order chi connectivity index (χ0) is 25.7. The molecule has 1 N–H and O–H groups in total. The van der Waals surface area contributed by atoms with E-state index >= 15 is 0 Å². The molecule has 0 spiro atoms. The van der Waals surface area contributed by atoms with Crippen molar-refractivity contribution in [3.63, 3.8) is 0 Å². The summed E-state index contributed by atoms with van der Waals surface area (Å²) in [6, 6.07) is 5.56. The van der Waals surface area contributed by atoms with Crippen molar-refractivity contribution in [2.75, 3.05) is 25.2 Å². The number of allylic oxidation sites excluding steroid dienone is 1. The van der Waals surface area contributed by atoms with E-state index in [1.807, 2.05) is 30.5 Å². The molecule has 2 aromatic heterocycles. The van der Waals surface area contributed by atoms with Crippen molar-refractivity contribution in [2.24, 2.45) is 0 Å². The van der Waals surface area contributed by atoms with Crippen molar-refractivity contribution in [1.82, 2.24) is 24.6 Å². The highest BCUT2D eigenvalue weighted by molar-refractivity contribution is 7.99. The highest BCUT2D eigenvalue weighted by atomic mass is 35.5. The normalized spacial score (nSPS) is 11.7. The van der Waals surface area contributed by atoms with Crippen molar-refractivity contribution in [1.29, 1.82) is 0 Å². The third kappa shape index (κ3) is 6.62. The Morgan fingerprint density at radius 2 is 2.09 bits per heavy atom. The summed E-state index contributed by atoms with van der Waals surface area (Å²) in [6.07, 6.45) is 1.29. The zero-order valence-corrected chi connectivity index (χ0v) is 22.6. The van der Waals surface area contributed by atoms with E-state index in [4.69, 9.17) is 16.3 Å². The largest absolute Gasteiger partial charge is 0.481 e. The van der Waals surface area contributed by atoms with Crippen LogP contribution in [0.25, 0.3) is 0 Å². The molecular formula is C23H27ClN6O3S2. The monoisotopic (exact) mass is 534 g/mol. The number of thiazole rings is 1. The third-order valence-corrected chi connectivity index (χ3v) is 7.13. The summed E-state index contributed by atoms with van der Waals surface area (Å²) in [4.78, 5) is 31.0. The van der Waals surface area contributed by atoms with Gasteiger partial charge in [-0.3, -0.25) is 14.2 Å². The number of nitrogens with zero attached hydrogens (tertiary/aromatic N) is 5. The molecule has 0 aliphatic heterocycles. The second-order valence-electron chi connectivity index (χ2n) is 7.90. The number of carbonyl (C=O) groups is 2. The number of benzene rings is 1. The molecule has 3 rings (SSSR count). The van der Waals surface area contributed by atoms with Gasteiger partial charge in [-0.05, 0) is 38.5 Å². The van der Waals surface area contributed by atoms with Crippen LogP contribution in [-0.4, -0.2) is 56.3 Å². The molecule has 1 atom stereocenters. The van der Waals surface area contributed by atoms with Gasteiger partial charge in [-0.25, -0.2) is 4.98 Å². The Hall–Kier alpha value is -2.89. The molecular weight excluding hydrogens is 508 g/mol. The number of amides is 2. The van der Waals surface area contributed by atoms with Crippen LogP contribution in [0, 0.1) is 13.8 Å². The summed E-state index contributed by atoms with van der Waals surface area (Å²) in [5.74, 6) is 0.824. The molecule has 0 saturated heterocycles. The quantitative estimate of drug-likeness (QED) is 0.295. The van der Waals surface area contributed by atoms with Crippen molar-refractivity contribution in [2.45, 2.75) is 38.6 Å². The van der Waals surface area contributed by atoms with Crippen molar-refractivity contribution >= 4 is 51.6 Å². The lowest BCUT2D eigenvalue weighted by Gasteiger charge is -2.17. The number of hydrogen-bond donors (Lipinski definition) is 1. The minimum absolute atomic E-state index is 0.0871. The lowest BCUT2D eigenvalue weighted by atomic mass is 10.2. The first-order valence-corrected chi connectivity index (χ1v) is 12.9. The van der Waals surface area contributed by atoms with Gasteiger partial charge in [-0.15, -0.1) is 16.8 Å². The Bertz CT molecular complexity index is 1240. The first-order chi connectivity index (χ1) is 16.6. The number of nitrogens with one attached hydrogen (secondary N) is 1. The van der Waals surface area contributed by atoms with Gasteiger partial charge in [0.1, 0.15) is 10.6 Å². The molecule has 1 unspecified atom stereocenters. The topological polar surface area (TPSA) is 102 Å². The first kappa shape index (κ1) is 26.7. The van der Waals surface area contributed by atoms with Gasteiger partial charge in [0.25, 0.3) is 5.91 Å². The summed E-state index contributed by atoms with van der Waals surface area (Å²) in [5, 5.41) is 12.7. The van der Waals surface area contributed by atoms with E-state index in [-0.39, 0.29) is 17.6 Å². The van der Waals surface area contributed by atoms with Crippen LogP contribution in [-0.2, 0) is 11.3 Å². The molecule has 0 aliphatic rings. The molecule has 186 valence electrons. The van der Waals surface area contributed by atoms with Gasteiger partial charge in [-0.1, -0.05) is 46.8 Å². The summed E-state index contributed by atoms with van der Waals surface area (Å²) in [6.45, 7) is 9.82. The maximum absolute atomic E-state index is 12.6. The minimum atomic E-state index is -0.434. The van der Waals surface area contributed by atoms with Gasteiger partial charge >= 0.3 is 0 Å². The highest BCUT2D eigenvalue weighted by Crippen LogP contribution is 2.31.